The van der Waals surface area contributed by atoms with E-state index in [4.69, 9.17) is 4.74 Å². The molecule has 6 unspecified atom stereocenters. The van der Waals surface area contributed by atoms with Crippen LogP contribution in [0.2, 0.25) is 0 Å². The lowest BCUT2D eigenvalue weighted by molar-refractivity contribution is -0.135. The first-order valence-electron chi connectivity index (χ1n) is 14.2. The number of para-hydroxylation sites is 1. The summed E-state index contributed by atoms with van der Waals surface area (Å²) < 4.78 is 5.47. The third kappa shape index (κ3) is 3.52. The minimum atomic E-state index is -1.39. The fraction of sp³-hybridized carbons (Fsp3) is 0.257. The molecule has 42 heavy (non-hydrogen) atoms. The summed E-state index contributed by atoms with van der Waals surface area (Å²) in [6, 6.07) is 23.6. The smallest absolute Gasteiger partial charge is 0.231 e. The summed E-state index contributed by atoms with van der Waals surface area (Å²) in [7, 11) is 1.46. The number of hydrogen-bond acceptors (Lipinski definition) is 6. The molecule has 3 aliphatic carbocycles. The molecule has 1 heterocycles. The van der Waals surface area contributed by atoms with E-state index in [1.165, 1.54) is 13.2 Å². The number of amides is 2. The van der Waals surface area contributed by atoms with E-state index in [0.717, 1.165) is 5.57 Å². The maximum atomic E-state index is 14.8. The van der Waals surface area contributed by atoms with Crippen LogP contribution in [-0.4, -0.2) is 35.6 Å². The van der Waals surface area contributed by atoms with Crippen LogP contribution in [0.1, 0.15) is 35.4 Å². The molecular weight excluding hydrogens is 530 g/mol. The molecule has 3 aromatic carbocycles. The zero-order valence-corrected chi connectivity index (χ0v) is 22.9. The van der Waals surface area contributed by atoms with Crippen molar-refractivity contribution in [1.29, 1.82) is 0 Å². The largest absolute Gasteiger partial charge is 0.504 e. The molecule has 210 valence electrons. The standard InChI is InChI=1S/C35H29NO6/c1-42-27-14-8-13-23(32(27)39)30-21-15-16-22-29(34(41)36-33(22)40)25(21)17-26-31(38)24(19-9-4-2-5-10-19)18-28(37)35(26,30)20-11-6-3-7-12-20/h2-15,18,22,25-26,29-30,39H,16-17H2,1H3,(H,36,40,41). The molecule has 7 heteroatoms. The molecule has 3 aromatic rings. The molecule has 2 N–H and O–H groups in total. The van der Waals surface area contributed by atoms with Crippen molar-refractivity contribution in [3.05, 3.63) is 113 Å². The van der Waals surface area contributed by atoms with Crippen molar-refractivity contribution < 1.29 is 29.0 Å². The molecule has 2 amide bonds. The normalized spacial score (nSPS) is 30.0. The molecule has 0 bridgehead atoms. The van der Waals surface area contributed by atoms with Crippen LogP contribution in [0, 0.1) is 23.7 Å². The second-order valence-electron chi connectivity index (χ2n) is 11.5. The van der Waals surface area contributed by atoms with Gasteiger partial charge in [-0.15, -0.1) is 0 Å². The van der Waals surface area contributed by atoms with E-state index in [1.54, 1.807) is 18.2 Å². The number of imide groups is 1. The highest BCUT2D eigenvalue weighted by molar-refractivity contribution is 6.31. The number of carbonyl (C=O) groups is 4. The molecule has 7 rings (SSSR count). The van der Waals surface area contributed by atoms with E-state index in [-0.39, 0.29) is 41.3 Å². The third-order valence-corrected chi connectivity index (χ3v) is 9.78. The van der Waals surface area contributed by atoms with Crippen molar-refractivity contribution in [3.63, 3.8) is 0 Å². The second-order valence-corrected chi connectivity index (χ2v) is 11.5. The number of phenols is 1. The number of benzene rings is 3. The lowest BCUT2D eigenvalue weighted by Gasteiger charge is -2.55. The SMILES string of the molecule is COc1cccc(C2C3=CCC4C(=O)NC(=O)C4C3CC3C(=O)C(c4ccccc4)=CC(=O)C32c2ccccc2)c1O. The number of ketones is 2. The Morgan fingerprint density at radius 2 is 1.57 bits per heavy atom. The van der Waals surface area contributed by atoms with Gasteiger partial charge in [-0.3, -0.25) is 24.5 Å². The van der Waals surface area contributed by atoms with Crippen LogP contribution in [0.3, 0.4) is 0 Å². The quantitative estimate of drug-likeness (QED) is 0.360. The molecule has 1 aliphatic heterocycles. The Kier molecular flexibility index (Phi) is 6.01. The van der Waals surface area contributed by atoms with E-state index in [0.29, 0.717) is 28.7 Å². The highest BCUT2D eigenvalue weighted by Crippen LogP contribution is 2.64. The Morgan fingerprint density at radius 3 is 2.29 bits per heavy atom. The van der Waals surface area contributed by atoms with Crippen LogP contribution >= 0.6 is 0 Å². The van der Waals surface area contributed by atoms with Gasteiger partial charge in [-0.2, -0.15) is 0 Å². The first kappa shape index (κ1) is 26.1. The number of carbonyl (C=O) groups excluding carboxylic acids is 4. The first-order chi connectivity index (χ1) is 20.4. The molecule has 1 saturated carbocycles. The second kappa shape index (κ2) is 9.65. The monoisotopic (exact) mass is 559 g/mol. The Labute approximate surface area is 242 Å². The Morgan fingerprint density at radius 1 is 0.857 bits per heavy atom. The lowest BCUT2D eigenvalue weighted by Crippen LogP contribution is -2.58. The van der Waals surface area contributed by atoms with Crippen LogP contribution in [0.5, 0.6) is 11.5 Å². The Hall–Kier alpha value is -4.78. The van der Waals surface area contributed by atoms with Crippen LogP contribution < -0.4 is 10.1 Å². The van der Waals surface area contributed by atoms with Gasteiger partial charge in [0.15, 0.2) is 23.1 Å². The molecule has 7 nitrogen and oxygen atoms in total. The topological polar surface area (TPSA) is 110 Å². The molecule has 0 spiro atoms. The summed E-state index contributed by atoms with van der Waals surface area (Å²) >= 11 is 0. The Bertz CT molecular complexity index is 1710. The van der Waals surface area contributed by atoms with Crippen LogP contribution in [-0.2, 0) is 24.6 Å². The van der Waals surface area contributed by atoms with Gasteiger partial charge >= 0.3 is 0 Å². The number of fused-ring (bicyclic) bond motifs is 4. The van der Waals surface area contributed by atoms with E-state index in [2.05, 4.69) is 5.32 Å². The fourth-order valence-corrected chi connectivity index (χ4v) is 8.07. The zero-order chi connectivity index (χ0) is 29.2. The van der Waals surface area contributed by atoms with Gasteiger partial charge in [0.05, 0.1) is 24.4 Å². The van der Waals surface area contributed by atoms with Crippen molar-refractivity contribution >= 4 is 29.0 Å². The van der Waals surface area contributed by atoms with Crippen LogP contribution in [0.25, 0.3) is 5.57 Å². The summed E-state index contributed by atoms with van der Waals surface area (Å²) in [6.45, 7) is 0. The maximum absolute atomic E-state index is 14.8. The summed E-state index contributed by atoms with van der Waals surface area (Å²) in [5.41, 5.74) is 1.49. The van der Waals surface area contributed by atoms with Gasteiger partial charge in [0.2, 0.25) is 11.8 Å². The van der Waals surface area contributed by atoms with E-state index >= 15 is 0 Å². The number of aromatic hydroxyl groups is 1. The number of allylic oxidation sites excluding steroid dienone is 4. The highest BCUT2D eigenvalue weighted by Gasteiger charge is 2.65. The van der Waals surface area contributed by atoms with Crippen molar-refractivity contribution in [2.75, 3.05) is 7.11 Å². The number of phenolic OH excluding ortho intramolecular Hbond substituents is 1. The van der Waals surface area contributed by atoms with Gasteiger partial charge < -0.3 is 9.84 Å². The van der Waals surface area contributed by atoms with Gasteiger partial charge in [-0.25, -0.2) is 0 Å². The number of nitrogens with one attached hydrogen (secondary N) is 1. The Balaban J connectivity index is 1.55. The number of Topliss-reactive ketones (excluding diaryl/α,β-unsaturated/α-hetero) is 1. The van der Waals surface area contributed by atoms with Gasteiger partial charge in [-0.05, 0) is 42.0 Å². The molecule has 0 radical (unpaired) electrons. The van der Waals surface area contributed by atoms with Crippen molar-refractivity contribution in [2.45, 2.75) is 24.2 Å². The minimum absolute atomic E-state index is 0.118. The molecule has 4 aliphatic rings. The zero-order valence-electron chi connectivity index (χ0n) is 22.9. The number of methoxy groups -OCH3 is 1. The van der Waals surface area contributed by atoms with Crippen molar-refractivity contribution in [1.82, 2.24) is 5.32 Å². The number of rotatable bonds is 4. The number of hydrogen-bond donors (Lipinski definition) is 2. The third-order valence-electron chi connectivity index (χ3n) is 9.78. The predicted molar refractivity (Wildman–Crippen MR) is 154 cm³/mol. The summed E-state index contributed by atoms with van der Waals surface area (Å²) in [5.74, 6) is -4.27. The average molecular weight is 560 g/mol. The van der Waals surface area contributed by atoms with E-state index < -0.39 is 35.0 Å². The van der Waals surface area contributed by atoms with Gasteiger partial charge in [-0.1, -0.05) is 84.4 Å². The summed E-state index contributed by atoms with van der Waals surface area (Å²) in [4.78, 5) is 55.5. The molecular formula is C35H29NO6. The van der Waals surface area contributed by atoms with Crippen LogP contribution in [0.4, 0.5) is 0 Å². The van der Waals surface area contributed by atoms with E-state index in [9.17, 15) is 24.3 Å². The van der Waals surface area contributed by atoms with Crippen LogP contribution in [0.15, 0.2) is 96.6 Å². The number of ether oxygens (including phenoxy) is 1. The minimum Gasteiger partial charge on any atom is -0.504 e. The lowest BCUT2D eigenvalue weighted by atomic mass is 9.44. The first-order valence-corrected chi connectivity index (χ1v) is 14.2. The fourth-order valence-electron chi connectivity index (χ4n) is 8.07. The van der Waals surface area contributed by atoms with Gasteiger partial charge in [0.1, 0.15) is 0 Å². The highest BCUT2D eigenvalue weighted by atomic mass is 16.5. The van der Waals surface area contributed by atoms with E-state index in [1.807, 2.05) is 66.7 Å². The molecule has 2 fully saturated rings. The molecule has 1 saturated heterocycles. The summed E-state index contributed by atoms with van der Waals surface area (Å²) in [6.07, 6.45) is 3.98. The average Bonchev–Trinajstić information content (AvgIpc) is 3.32. The van der Waals surface area contributed by atoms with Gasteiger partial charge in [0, 0.05) is 23.0 Å². The maximum Gasteiger partial charge on any atom is 0.231 e. The van der Waals surface area contributed by atoms with Crippen molar-refractivity contribution in [2.24, 2.45) is 23.7 Å². The molecule has 6 atom stereocenters. The van der Waals surface area contributed by atoms with Crippen molar-refractivity contribution in [3.8, 4) is 11.5 Å². The summed E-state index contributed by atoms with van der Waals surface area (Å²) in [5, 5.41) is 14.0. The van der Waals surface area contributed by atoms with Gasteiger partial charge in [0.25, 0.3) is 0 Å². The predicted octanol–water partition coefficient (Wildman–Crippen LogP) is 4.51. The molecule has 0 aromatic heterocycles.